The zero-order valence-electron chi connectivity index (χ0n) is 13.4. The summed E-state index contributed by atoms with van der Waals surface area (Å²) >= 11 is 0. The number of amides is 1. The van der Waals surface area contributed by atoms with E-state index in [1.807, 2.05) is 11.0 Å². The predicted octanol–water partition coefficient (Wildman–Crippen LogP) is 2.06. The molecule has 1 aliphatic heterocycles. The van der Waals surface area contributed by atoms with E-state index < -0.39 is 34.7 Å². The van der Waals surface area contributed by atoms with E-state index in [4.69, 9.17) is 4.52 Å². The fraction of sp³-hybridized carbons (Fsp3) is 0.375. The average Bonchev–Trinajstić information content (AvgIpc) is 3.01. The van der Waals surface area contributed by atoms with Gasteiger partial charge in [0.1, 0.15) is 5.76 Å². The van der Waals surface area contributed by atoms with Crippen LogP contribution in [-0.4, -0.2) is 52.1 Å². The van der Waals surface area contributed by atoms with E-state index in [1.165, 1.54) is 4.90 Å². The normalized spacial score (nSPS) is 15.6. The molecule has 0 unspecified atom stereocenters. The van der Waals surface area contributed by atoms with Crippen LogP contribution in [0.2, 0.25) is 0 Å². The van der Waals surface area contributed by atoms with Gasteiger partial charge in [-0.2, -0.15) is 4.39 Å². The van der Waals surface area contributed by atoms with Crippen LogP contribution in [0.4, 0.5) is 13.2 Å². The van der Waals surface area contributed by atoms with Gasteiger partial charge in [-0.25, -0.2) is 8.78 Å². The number of aromatic hydroxyl groups is 1. The number of carbonyl (C=O) groups is 1. The lowest BCUT2D eigenvalue weighted by atomic mass is 10.1. The summed E-state index contributed by atoms with van der Waals surface area (Å²) in [6.07, 6.45) is 0. The summed E-state index contributed by atoms with van der Waals surface area (Å²) in [6.45, 7) is 3.94. The Bertz CT molecular complexity index is 801. The van der Waals surface area contributed by atoms with Gasteiger partial charge in [0.15, 0.2) is 17.4 Å². The minimum Gasteiger partial charge on any atom is -0.503 e. The molecule has 0 saturated carbocycles. The summed E-state index contributed by atoms with van der Waals surface area (Å²) in [4.78, 5) is 15.7. The number of phenols is 1. The van der Waals surface area contributed by atoms with Crippen LogP contribution in [0.15, 0.2) is 16.7 Å². The third-order valence-electron chi connectivity index (χ3n) is 4.09. The van der Waals surface area contributed by atoms with Crippen molar-refractivity contribution in [1.82, 2.24) is 15.0 Å². The number of piperazine rings is 1. The van der Waals surface area contributed by atoms with Crippen LogP contribution in [0.5, 0.6) is 5.75 Å². The molecular weight excluding hydrogens is 339 g/mol. The van der Waals surface area contributed by atoms with Crippen molar-refractivity contribution in [1.29, 1.82) is 0 Å². The van der Waals surface area contributed by atoms with Gasteiger partial charge < -0.3 is 14.5 Å². The molecule has 0 spiro atoms. The Morgan fingerprint density at radius 1 is 1.20 bits per heavy atom. The molecule has 134 valence electrons. The number of benzene rings is 1. The average molecular weight is 355 g/mol. The van der Waals surface area contributed by atoms with Crippen LogP contribution in [-0.2, 0) is 6.54 Å². The van der Waals surface area contributed by atoms with E-state index in [-0.39, 0.29) is 13.1 Å². The Morgan fingerprint density at radius 3 is 2.48 bits per heavy atom. The largest absolute Gasteiger partial charge is 0.503 e. The van der Waals surface area contributed by atoms with Crippen LogP contribution < -0.4 is 0 Å². The van der Waals surface area contributed by atoms with Crippen molar-refractivity contribution < 1.29 is 27.6 Å². The highest BCUT2D eigenvalue weighted by molar-refractivity contribution is 5.95. The van der Waals surface area contributed by atoms with Crippen LogP contribution in [0.3, 0.4) is 0 Å². The first-order chi connectivity index (χ1) is 11.9. The summed E-state index contributed by atoms with van der Waals surface area (Å²) < 4.78 is 45.4. The molecule has 1 saturated heterocycles. The fourth-order valence-corrected chi connectivity index (χ4v) is 2.75. The van der Waals surface area contributed by atoms with E-state index in [0.717, 1.165) is 5.69 Å². The van der Waals surface area contributed by atoms with E-state index >= 15 is 0 Å². The summed E-state index contributed by atoms with van der Waals surface area (Å²) in [5.41, 5.74) is 0.0887. The van der Waals surface area contributed by atoms with Crippen molar-refractivity contribution in [2.75, 3.05) is 26.2 Å². The fourth-order valence-electron chi connectivity index (χ4n) is 2.75. The van der Waals surface area contributed by atoms with Crippen molar-refractivity contribution >= 4 is 5.91 Å². The van der Waals surface area contributed by atoms with Gasteiger partial charge in [-0.05, 0) is 13.0 Å². The van der Waals surface area contributed by atoms with Gasteiger partial charge in [0, 0.05) is 38.8 Å². The van der Waals surface area contributed by atoms with Gasteiger partial charge in [-0.3, -0.25) is 9.69 Å². The Morgan fingerprint density at radius 2 is 1.88 bits per heavy atom. The number of nitrogens with zero attached hydrogens (tertiary/aromatic N) is 3. The second-order valence-electron chi connectivity index (χ2n) is 5.88. The summed E-state index contributed by atoms with van der Waals surface area (Å²) in [6, 6.07) is 2.29. The number of hydrogen-bond acceptors (Lipinski definition) is 5. The molecular formula is C16H16F3N3O3. The molecule has 0 bridgehead atoms. The Hall–Kier alpha value is -2.55. The van der Waals surface area contributed by atoms with Gasteiger partial charge >= 0.3 is 0 Å². The molecule has 25 heavy (non-hydrogen) atoms. The van der Waals surface area contributed by atoms with Crippen LogP contribution in [0.25, 0.3) is 0 Å². The van der Waals surface area contributed by atoms with Crippen LogP contribution >= 0.6 is 0 Å². The number of rotatable bonds is 3. The first-order valence-corrected chi connectivity index (χ1v) is 7.67. The minimum absolute atomic E-state index is 0.287. The smallest absolute Gasteiger partial charge is 0.257 e. The molecule has 0 aliphatic carbocycles. The summed E-state index contributed by atoms with van der Waals surface area (Å²) in [7, 11) is 0. The third-order valence-corrected chi connectivity index (χ3v) is 4.09. The molecule has 1 N–H and O–H groups in total. The molecule has 9 heteroatoms. The molecule has 2 aromatic rings. The van der Waals surface area contributed by atoms with Gasteiger partial charge in [0.25, 0.3) is 5.91 Å². The maximum Gasteiger partial charge on any atom is 0.257 e. The minimum atomic E-state index is -1.71. The summed E-state index contributed by atoms with van der Waals surface area (Å²) in [5.74, 6) is -6.20. The predicted molar refractivity (Wildman–Crippen MR) is 80.4 cm³/mol. The van der Waals surface area contributed by atoms with Crippen LogP contribution in [0, 0.1) is 24.4 Å². The molecule has 2 heterocycles. The van der Waals surface area contributed by atoms with Crippen molar-refractivity contribution in [3.63, 3.8) is 0 Å². The highest BCUT2D eigenvalue weighted by Crippen LogP contribution is 2.27. The SMILES string of the molecule is Cc1cc(CN2CCN(C(=O)c3cc(F)c(F)c(O)c3F)CC2)no1. The highest BCUT2D eigenvalue weighted by atomic mass is 19.2. The molecule has 1 amide bonds. The second kappa shape index (κ2) is 6.75. The van der Waals surface area contributed by atoms with Gasteiger partial charge in [-0.1, -0.05) is 5.16 Å². The van der Waals surface area contributed by atoms with Crippen molar-refractivity contribution in [2.45, 2.75) is 13.5 Å². The number of carbonyl (C=O) groups excluding carboxylic acids is 1. The first kappa shape index (κ1) is 17.3. The lowest BCUT2D eigenvalue weighted by molar-refractivity contribution is 0.0619. The number of phenolic OH excluding ortho intramolecular Hbond substituents is 1. The van der Waals surface area contributed by atoms with Gasteiger partial charge in [0.2, 0.25) is 5.82 Å². The highest BCUT2D eigenvalue weighted by Gasteiger charge is 2.28. The molecule has 1 aromatic carbocycles. The van der Waals surface area contributed by atoms with Crippen molar-refractivity contribution in [3.8, 4) is 5.75 Å². The second-order valence-corrected chi connectivity index (χ2v) is 5.88. The molecule has 1 aromatic heterocycles. The Balaban J connectivity index is 1.66. The van der Waals surface area contributed by atoms with Crippen LogP contribution in [0.1, 0.15) is 21.8 Å². The zero-order valence-corrected chi connectivity index (χ0v) is 13.4. The maximum atomic E-state index is 13.9. The van der Waals surface area contributed by atoms with Gasteiger partial charge in [-0.15, -0.1) is 0 Å². The van der Waals surface area contributed by atoms with E-state index in [0.29, 0.717) is 31.5 Å². The number of hydrogen-bond donors (Lipinski definition) is 1. The molecule has 0 atom stereocenters. The topological polar surface area (TPSA) is 69.8 Å². The molecule has 1 aliphatic rings. The Kier molecular flexibility index (Phi) is 4.67. The molecule has 6 nitrogen and oxygen atoms in total. The number of aryl methyl sites for hydroxylation is 1. The Labute approximate surface area is 141 Å². The molecule has 0 radical (unpaired) electrons. The zero-order chi connectivity index (χ0) is 18.1. The van der Waals surface area contributed by atoms with E-state index in [1.54, 1.807) is 6.92 Å². The number of aromatic nitrogens is 1. The standard InChI is InChI=1S/C16H16F3N3O3/c1-9-6-10(20-25-9)8-21-2-4-22(5-3-21)16(24)11-7-12(17)14(19)15(23)13(11)18/h6-7,23H,2-5,8H2,1H3. The quantitative estimate of drug-likeness (QED) is 0.854. The van der Waals surface area contributed by atoms with Crippen molar-refractivity contribution in [2.24, 2.45) is 0 Å². The van der Waals surface area contributed by atoms with Crippen molar-refractivity contribution in [3.05, 3.63) is 46.6 Å². The van der Waals surface area contributed by atoms with Gasteiger partial charge in [0.05, 0.1) is 11.3 Å². The summed E-state index contributed by atoms with van der Waals surface area (Å²) in [5, 5.41) is 13.1. The third kappa shape index (κ3) is 3.46. The van der Waals surface area contributed by atoms with E-state index in [2.05, 4.69) is 5.16 Å². The molecule has 1 fully saturated rings. The molecule has 3 rings (SSSR count). The maximum absolute atomic E-state index is 13.9. The lowest BCUT2D eigenvalue weighted by Gasteiger charge is -2.34. The van der Waals surface area contributed by atoms with E-state index in [9.17, 15) is 23.1 Å². The first-order valence-electron chi connectivity index (χ1n) is 7.67. The lowest BCUT2D eigenvalue weighted by Crippen LogP contribution is -2.48. The monoisotopic (exact) mass is 355 g/mol. The number of halogens is 3.